The molecule has 0 aromatic carbocycles. The number of hydrogen-bond donors (Lipinski definition) is 2. The molecule has 0 saturated carbocycles. The van der Waals surface area contributed by atoms with Gasteiger partial charge in [0.25, 0.3) is 17.5 Å². The van der Waals surface area contributed by atoms with E-state index in [9.17, 15) is 34.5 Å². The molecular formula is C17H15N7O8S4-2. The molecule has 3 aliphatic rings. The lowest BCUT2D eigenvalue weighted by atomic mass is 9.99. The minimum absolute atomic E-state index is 0.00697. The zero-order valence-corrected chi connectivity index (χ0v) is 21.5. The van der Waals surface area contributed by atoms with Crippen molar-refractivity contribution in [1.29, 1.82) is 0 Å². The second-order valence-corrected chi connectivity index (χ2v) is 12.0. The van der Waals surface area contributed by atoms with Gasteiger partial charge in [0, 0.05) is 25.7 Å². The molecule has 19 heteroatoms. The molecule has 0 spiro atoms. The molecule has 1 aromatic heterocycles. The highest BCUT2D eigenvalue weighted by atomic mass is 32.3. The zero-order valence-electron chi connectivity index (χ0n) is 18.3. The van der Waals surface area contributed by atoms with Crippen molar-refractivity contribution < 1.29 is 39.2 Å². The molecule has 3 aliphatic heterocycles. The topological polar surface area (TPSA) is 229 Å². The van der Waals surface area contributed by atoms with Crippen molar-refractivity contribution >= 4 is 76.7 Å². The van der Waals surface area contributed by atoms with Gasteiger partial charge in [-0.3, -0.25) is 19.5 Å². The van der Waals surface area contributed by atoms with Crippen molar-refractivity contribution in [2.45, 2.75) is 20.8 Å². The lowest BCUT2D eigenvalue weighted by Crippen LogP contribution is -2.74. The summed E-state index contributed by atoms with van der Waals surface area (Å²) in [7, 11) is 2.81. The van der Waals surface area contributed by atoms with E-state index in [1.807, 2.05) is 0 Å². The minimum atomic E-state index is -1.95. The first-order valence-corrected chi connectivity index (χ1v) is 13.5. The van der Waals surface area contributed by atoms with Crippen LogP contribution in [0.3, 0.4) is 0 Å². The first-order valence-electron chi connectivity index (χ1n) is 9.68. The predicted octanol–water partition coefficient (Wildman–Crippen LogP) is -3.09. The van der Waals surface area contributed by atoms with E-state index < -0.39 is 50.9 Å². The number of ether oxygens (including phenoxy) is 1. The maximum atomic E-state index is 13.1. The second-order valence-electron chi connectivity index (χ2n) is 7.20. The summed E-state index contributed by atoms with van der Waals surface area (Å²) < 4.78 is 5.81. The SMILES string of the molecule is CO[C@@]1(N=C([O-])C2SC(=C(C(N)=O)C(=O)[O-])S2)C(=O)N2C(C(=O)O)=C(CSc3nnnn3C)CS[C@@H]21. The van der Waals surface area contributed by atoms with Gasteiger partial charge in [0.15, 0.2) is 0 Å². The third-order valence-corrected chi connectivity index (χ3v) is 10.4. The maximum absolute atomic E-state index is 13.1. The summed E-state index contributed by atoms with van der Waals surface area (Å²) in [6, 6.07) is 0. The van der Waals surface area contributed by atoms with Crippen molar-refractivity contribution in [3.8, 4) is 0 Å². The third kappa shape index (κ3) is 4.33. The van der Waals surface area contributed by atoms with Crippen molar-refractivity contribution in [3.05, 3.63) is 21.1 Å². The van der Waals surface area contributed by atoms with Gasteiger partial charge in [-0.25, -0.2) is 9.48 Å². The molecule has 192 valence electrons. The molecule has 15 nitrogen and oxygen atoms in total. The van der Waals surface area contributed by atoms with Gasteiger partial charge in [-0.15, -0.1) is 16.9 Å². The Bertz CT molecular complexity index is 1240. The smallest absolute Gasteiger partial charge is 0.352 e. The number of fused-ring (bicyclic) bond motifs is 1. The monoisotopic (exact) mass is 573 g/mol. The summed E-state index contributed by atoms with van der Waals surface area (Å²) in [5.41, 5.74) is 2.57. The summed E-state index contributed by atoms with van der Waals surface area (Å²) in [6.07, 6.45) is 0. The van der Waals surface area contributed by atoms with E-state index >= 15 is 0 Å². The molecule has 36 heavy (non-hydrogen) atoms. The standard InChI is InChI=1S/C17H17N7O8S4/c1-23-16(20-21-22-23)34-4-5-3-33-15-17(32-2,14(31)24(15)7(5)11(29)30)19-9(26)13-35-12(36-13)6(8(18)25)10(27)28/h13,15H,3-4H2,1-2H3,(H2,18,25)(H,19,26)(H,27,28)(H,29,30)/p-2/t13?,15-,17+/m1/s1. The Balaban J connectivity index is 1.55. The van der Waals surface area contributed by atoms with E-state index in [-0.39, 0.29) is 21.4 Å². The number of thioether (sulfide) groups is 4. The first kappa shape index (κ1) is 26.3. The summed E-state index contributed by atoms with van der Waals surface area (Å²) in [5, 5.41) is 44.3. The van der Waals surface area contributed by atoms with Gasteiger partial charge in [0.2, 0.25) is 5.16 Å². The molecule has 4 heterocycles. The van der Waals surface area contributed by atoms with Crippen LogP contribution in [0.5, 0.6) is 0 Å². The van der Waals surface area contributed by atoms with E-state index in [1.54, 1.807) is 7.05 Å². The number of aryl methyl sites for hydroxylation is 1. The normalized spacial score (nSPS) is 25.7. The van der Waals surface area contributed by atoms with Gasteiger partial charge in [0.05, 0.1) is 20.4 Å². The van der Waals surface area contributed by atoms with Gasteiger partial charge in [-0.05, 0) is 21.9 Å². The number of amides is 2. The predicted molar refractivity (Wildman–Crippen MR) is 125 cm³/mol. The van der Waals surface area contributed by atoms with Crippen LogP contribution in [-0.2, 0) is 31.0 Å². The number of carboxylic acids is 2. The highest BCUT2D eigenvalue weighted by Crippen LogP contribution is 2.54. The Labute approximate surface area is 218 Å². The van der Waals surface area contributed by atoms with Crippen molar-refractivity contribution in [2.75, 3.05) is 18.6 Å². The van der Waals surface area contributed by atoms with Gasteiger partial charge in [-0.2, -0.15) is 0 Å². The van der Waals surface area contributed by atoms with E-state index in [4.69, 9.17) is 10.5 Å². The van der Waals surface area contributed by atoms with Crippen LogP contribution >= 0.6 is 47.0 Å². The fraction of sp³-hybridized carbons (Fsp3) is 0.412. The second kappa shape index (κ2) is 9.96. The van der Waals surface area contributed by atoms with E-state index in [2.05, 4.69) is 20.5 Å². The molecule has 2 amide bonds. The molecule has 3 N–H and O–H groups in total. The number of carbonyl (C=O) groups excluding carboxylic acids is 3. The molecule has 0 aliphatic carbocycles. The Kier molecular flexibility index (Phi) is 7.28. The number of aromatic nitrogens is 4. The lowest BCUT2D eigenvalue weighted by Gasteiger charge is -2.54. The molecule has 2 atom stereocenters. The quantitative estimate of drug-likeness (QED) is 0.0567. The number of aliphatic carboxylic acids is 2. The summed E-state index contributed by atoms with van der Waals surface area (Å²) in [5.74, 6) is -5.50. The van der Waals surface area contributed by atoms with Crippen LogP contribution in [0.15, 0.2) is 31.2 Å². The molecule has 4 rings (SSSR count). The molecule has 0 radical (unpaired) electrons. The van der Waals surface area contributed by atoms with Crippen LogP contribution < -0.4 is 15.9 Å². The third-order valence-electron chi connectivity index (χ3n) is 5.12. The number of carboxylic acid groups (broad SMARTS) is 2. The van der Waals surface area contributed by atoms with Crippen molar-refractivity contribution in [2.24, 2.45) is 17.8 Å². The fourth-order valence-corrected chi connectivity index (χ4v) is 8.03. The number of rotatable bonds is 9. The van der Waals surface area contributed by atoms with Crippen LogP contribution in [-0.4, -0.2) is 94.2 Å². The zero-order chi connectivity index (χ0) is 26.4. The molecule has 0 unspecified atom stereocenters. The van der Waals surface area contributed by atoms with Crippen LogP contribution in [0.2, 0.25) is 0 Å². The first-order chi connectivity index (χ1) is 17.0. The number of primary amides is 1. The van der Waals surface area contributed by atoms with E-state index in [0.717, 1.165) is 28.4 Å². The Morgan fingerprint density at radius 3 is 2.58 bits per heavy atom. The average Bonchev–Trinajstić information content (AvgIpc) is 3.20. The molecule has 2 fully saturated rings. The number of β-lactam (4-membered cyclic amide) rings is 1. The molecule has 1 aromatic rings. The van der Waals surface area contributed by atoms with Crippen LogP contribution in [0.25, 0.3) is 0 Å². The maximum Gasteiger partial charge on any atom is 0.352 e. The van der Waals surface area contributed by atoms with E-state index in [0.29, 0.717) is 10.7 Å². The molecule has 0 bridgehead atoms. The largest absolute Gasteiger partial charge is 0.861 e. The Hall–Kier alpha value is -2.74. The average molecular weight is 574 g/mol. The number of nitrogens with zero attached hydrogens (tertiary/aromatic N) is 6. The number of tetrazole rings is 1. The summed E-state index contributed by atoms with van der Waals surface area (Å²) in [6.45, 7) is 0. The van der Waals surface area contributed by atoms with Crippen LogP contribution in [0, 0.1) is 0 Å². The van der Waals surface area contributed by atoms with Crippen LogP contribution in [0.1, 0.15) is 0 Å². The highest BCUT2D eigenvalue weighted by molar-refractivity contribution is 8.39. The summed E-state index contributed by atoms with van der Waals surface area (Å²) >= 11 is 3.87. The highest BCUT2D eigenvalue weighted by Gasteiger charge is 2.66. The van der Waals surface area contributed by atoms with Crippen molar-refractivity contribution in [3.63, 3.8) is 0 Å². The van der Waals surface area contributed by atoms with Gasteiger partial charge in [-0.1, -0.05) is 35.3 Å². The van der Waals surface area contributed by atoms with Gasteiger partial charge >= 0.3 is 5.97 Å². The Morgan fingerprint density at radius 1 is 1.36 bits per heavy atom. The van der Waals surface area contributed by atoms with Crippen LogP contribution in [0.4, 0.5) is 0 Å². The lowest BCUT2D eigenvalue weighted by molar-refractivity contribution is -0.298. The minimum Gasteiger partial charge on any atom is -0.861 e. The number of aliphatic imine (C=N–C) groups is 1. The Morgan fingerprint density at radius 2 is 2.06 bits per heavy atom. The number of hydrogen-bond acceptors (Lipinski definition) is 15. The van der Waals surface area contributed by atoms with E-state index in [1.165, 1.54) is 35.3 Å². The number of methoxy groups -OCH3 is 1. The van der Waals surface area contributed by atoms with Gasteiger partial charge in [0.1, 0.15) is 11.1 Å². The van der Waals surface area contributed by atoms with Crippen molar-refractivity contribution in [1.82, 2.24) is 25.1 Å². The fourth-order valence-electron chi connectivity index (χ4n) is 3.44. The summed E-state index contributed by atoms with van der Waals surface area (Å²) in [4.78, 5) is 52.6. The molecular weight excluding hydrogens is 558 g/mol. The van der Waals surface area contributed by atoms with Gasteiger partial charge < -0.3 is 30.6 Å². The molecule has 2 saturated heterocycles. The number of carbonyl (C=O) groups is 4. The number of nitrogens with two attached hydrogens (primary N) is 1.